The first-order chi connectivity index (χ1) is 8.50. The highest BCUT2D eigenvalue weighted by atomic mass is 16.2. The number of nitrogens with one attached hydrogen (secondary N) is 2. The average Bonchev–Trinajstić information content (AvgIpc) is 2.88. The van der Waals surface area contributed by atoms with Crippen molar-refractivity contribution in [2.75, 3.05) is 5.73 Å². The van der Waals surface area contributed by atoms with E-state index in [9.17, 15) is 4.79 Å². The SMILES string of the molecule is Cc1nn(C)c(C(=O)NC(C)c2ncc[nH]2)c1N. The quantitative estimate of drug-likeness (QED) is 0.737. The number of carbonyl (C=O) groups is 1. The fourth-order valence-corrected chi connectivity index (χ4v) is 1.79. The van der Waals surface area contributed by atoms with Crippen molar-refractivity contribution in [1.82, 2.24) is 25.1 Å². The number of anilines is 1. The normalized spacial score (nSPS) is 12.4. The zero-order valence-electron chi connectivity index (χ0n) is 10.6. The largest absolute Gasteiger partial charge is 0.395 e. The monoisotopic (exact) mass is 248 g/mol. The highest BCUT2D eigenvalue weighted by Crippen LogP contribution is 2.16. The lowest BCUT2D eigenvalue weighted by Gasteiger charge is -2.11. The molecule has 0 spiro atoms. The molecule has 0 bridgehead atoms. The second kappa shape index (κ2) is 4.52. The summed E-state index contributed by atoms with van der Waals surface area (Å²) in [4.78, 5) is 19.1. The Kier molecular flexibility index (Phi) is 3.05. The van der Waals surface area contributed by atoms with Crippen molar-refractivity contribution >= 4 is 11.6 Å². The first-order valence-electron chi connectivity index (χ1n) is 5.60. The topological polar surface area (TPSA) is 102 Å². The number of aromatic amines is 1. The average molecular weight is 248 g/mol. The minimum absolute atomic E-state index is 0.220. The molecule has 0 saturated carbocycles. The summed E-state index contributed by atoms with van der Waals surface area (Å²) in [5.41, 5.74) is 7.25. The zero-order valence-corrected chi connectivity index (χ0v) is 10.6. The molecule has 2 rings (SSSR count). The van der Waals surface area contributed by atoms with E-state index >= 15 is 0 Å². The van der Waals surface area contributed by atoms with Gasteiger partial charge in [-0.25, -0.2) is 4.98 Å². The lowest BCUT2D eigenvalue weighted by Crippen LogP contribution is -2.29. The van der Waals surface area contributed by atoms with Crippen LogP contribution in [0.15, 0.2) is 12.4 Å². The van der Waals surface area contributed by atoms with Gasteiger partial charge in [0.25, 0.3) is 5.91 Å². The molecule has 0 aliphatic heterocycles. The van der Waals surface area contributed by atoms with E-state index in [0.717, 1.165) is 0 Å². The van der Waals surface area contributed by atoms with Crippen molar-refractivity contribution in [3.63, 3.8) is 0 Å². The van der Waals surface area contributed by atoms with Crippen LogP contribution < -0.4 is 11.1 Å². The molecule has 2 aromatic rings. The molecule has 2 aromatic heterocycles. The summed E-state index contributed by atoms with van der Waals surface area (Å²) in [6.45, 7) is 3.61. The highest BCUT2D eigenvalue weighted by Gasteiger charge is 2.20. The van der Waals surface area contributed by atoms with Gasteiger partial charge in [0.05, 0.1) is 17.4 Å². The minimum atomic E-state index is -0.264. The summed E-state index contributed by atoms with van der Waals surface area (Å²) in [5.74, 6) is 0.431. The Hall–Kier alpha value is -2.31. The summed E-state index contributed by atoms with van der Waals surface area (Å²) in [7, 11) is 1.69. The van der Waals surface area contributed by atoms with Gasteiger partial charge in [0.1, 0.15) is 11.5 Å². The van der Waals surface area contributed by atoms with E-state index < -0.39 is 0 Å². The summed E-state index contributed by atoms with van der Waals surface area (Å²) >= 11 is 0. The summed E-state index contributed by atoms with van der Waals surface area (Å²) in [5, 5.41) is 6.93. The van der Waals surface area contributed by atoms with Crippen LogP contribution in [-0.2, 0) is 7.05 Å². The van der Waals surface area contributed by atoms with E-state index in [0.29, 0.717) is 22.9 Å². The van der Waals surface area contributed by atoms with Crippen molar-refractivity contribution in [2.24, 2.45) is 7.05 Å². The number of carbonyl (C=O) groups excluding carboxylic acids is 1. The predicted octanol–water partition coefficient (Wildman–Crippen LogP) is 0.525. The van der Waals surface area contributed by atoms with E-state index in [2.05, 4.69) is 20.4 Å². The summed E-state index contributed by atoms with van der Waals surface area (Å²) in [6, 6.07) is -0.220. The highest BCUT2D eigenvalue weighted by molar-refractivity contribution is 5.98. The predicted molar refractivity (Wildman–Crippen MR) is 66.8 cm³/mol. The Morgan fingerprint density at radius 3 is 2.83 bits per heavy atom. The van der Waals surface area contributed by atoms with E-state index in [1.54, 1.807) is 26.4 Å². The second-order valence-electron chi connectivity index (χ2n) is 4.14. The number of imidazole rings is 1. The van der Waals surface area contributed by atoms with E-state index in [1.165, 1.54) is 4.68 Å². The molecule has 18 heavy (non-hydrogen) atoms. The molecule has 96 valence electrons. The standard InChI is InChI=1S/C11H16N6O/c1-6-8(12)9(17(3)16-6)11(18)15-7(2)10-13-4-5-14-10/h4-5,7H,12H2,1-3H3,(H,13,14)(H,15,18). The van der Waals surface area contributed by atoms with Crippen LogP contribution in [0, 0.1) is 6.92 Å². The van der Waals surface area contributed by atoms with Crippen LogP contribution in [0.3, 0.4) is 0 Å². The van der Waals surface area contributed by atoms with Crippen molar-refractivity contribution in [3.8, 4) is 0 Å². The molecule has 1 amide bonds. The third kappa shape index (κ3) is 2.06. The molecular weight excluding hydrogens is 232 g/mol. The fraction of sp³-hybridized carbons (Fsp3) is 0.364. The van der Waals surface area contributed by atoms with Crippen LogP contribution >= 0.6 is 0 Å². The van der Waals surface area contributed by atoms with Gasteiger partial charge in [-0.1, -0.05) is 0 Å². The Labute approximate surface area is 104 Å². The van der Waals surface area contributed by atoms with Crippen LogP contribution in [0.5, 0.6) is 0 Å². The van der Waals surface area contributed by atoms with Gasteiger partial charge >= 0.3 is 0 Å². The molecule has 7 nitrogen and oxygen atoms in total. The molecule has 0 aliphatic rings. The number of hydrogen-bond acceptors (Lipinski definition) is 4. The van der Waals surface area contributed by atoms with E-state index in [-0.39, 0.29) is 11.9 Å². The zero-order chi connectivity index (χ0) is 13.3. The number of aromatic nitrogens is 4. The lowest BCUT2D eigenvalue weighted by atomic mass is 10.2. The number of amides is 1. The maximum Gasteiger partial charge on any atom is 0.272 e. The Morgan fingerprint density at radius 1 is 1.61 bits per heavy atom. The van der Waals surface area contributed by atoms with Crippen molar-refractivity contribution < 1.29 is 4.79 Å². The maximum absolute atomic E-state index is 12.1. The van der Waals surface area contributed by atoms with Crippen molar-refractivity contribution in [1.29, 1.82) is 0 Å². The summed E-state index contributed by atoms with van der Waals surface area (Å²) < 4.78 is 1.48. The van der Waals surface area contributed by atoms with E-state index in [4.69, 9.17) is 5.73 Å². The third-order valence-corrected chi connectivity index (χ3v) is 2.76. The molecule has 1 atom stereocenters. The Bertz CT molecular complexity index is 556. The van der Waals surface area contributed by atoms with Crippen LogP contribution in [-0.4, -0.2) is 25.7 Å². The molecular formula is C11H16N6O. The molecule has 0 aliphatic carbocycles. The molecule has 4 N–H and O–H groups in total. The van der Waals surface area contributed by atoms with Gasteiger partial charge in [-0.15, -0.1) is 0 Å². The lowest BCUT2D eigenvalue weighted by molar-refractivity contribution is 0.0930. The number of H-pyrrole nitrogens is 1. The van der Waals surface area contributed by atoms with Crippen LogP contribution in [0.1, 0.15) is 35.0 Å². The van der Waals surface area contributed by atoms with Crippen LogP contribution in [0.4, 0.5) is 5.69 Å². The van der Waals surface area contributed by atoms with Gasteiger partial charge in [0.15, 0.2) is 0 Å². The second-order valence-corrected chi connectivity index (χ2v) is 4.14. The smallest absolute Gasteiger partial charge is 0.272 e. The molecule has 0 aromatic carbocycles. The van der Waals surface area contributed by atoms with Gasteiger partial charge in [-0.3, -0.25) is 9.48 Å². The molecule has 0 fully saturated rings. The number of nitrogen functional groups attached to an aromatic ring is 1. The van der Waals surface area contributed by atoms with Gasteiger partial charge in [0.2, 0.25) is 0 Å². The number of nitrogens with zero attached hydrogens (tertiary/aromatic N) is 3. The Morgan fingerprint density at radius 2 is 2.33 bits per heavy atom. The molecule has 7 heteroatoms. The third-order valence-electron chi connectivity index (χ3n) is 2.76. The number of aryl methyl sites for hydroxylation is 2. The number of hydrogen-bond donors (Lipinski definition) is 3. The van der Waals surface area contributed by atoms with Crippen LogP contribution in [0.2, 0.25) is 0 Å². The van der Waals surface area contributed by atoms with Gasteiger partial charge < -0.3 is 16.0 Å². The van der Waals surface area contributed by atoms with Gasteiger partial charge in [-0.05, 0) is 13.8 Å². The first kappa shape index (κ1) is 12.2. The molecule has 0 radical (unpaired) electrons. The minimum Gasteiger partial charge on any atom is -0.395 e. The molecule has 1 unspecified atom stereocenters. The molecule has 2 heterocycles. The number of rotatable bonds is 3. The fourth-order valence-electron chi connectivity index (χ4n) is 1.79. The van der Waals surface area contributed by atoms with Crippen LogP contribution in [0.25, 0.3) is 0 Å². The van der Waals surface area contributed by atoms with Crippen molar-refractivity contribution in [2.45, 2.75) is 19.9 Å². The molecule has 0 saturated heterocycles. The first-order valence-corrected chi connectivity index (χ1v) is 5.60. The van der Waals surface area contributed by atoms with Gasteiger partial charge in [0, 0.05) is 19.4 Å². The van der Waals surface area contributed by atoms with Crippen molar-refractivity contribution in [3.05, 3.63) is 29.6 Å². The summed E-state index contributed by atoms with van der Waals surface area (Å²) in [6.07, 6.45) is 3.35. The maximum atomic E-state index is 12.1. The van der Waals surface area contributed by atoms with Gasteiger partial charge in [-0.2, -0.15) is 5.10 Å². The Balaban J connectivity index is 2.17. The van der Waals surface area contributed by atoms with E-state index in [1.807, 2.05) is 6.92 Å². The number of nitrogens with two attached hydrogens (primary N) is 1.